The van der Waals surface area contributed by atoms with Crippen LogP contribution in [0.5, 0.6) is 0 Å². The molecule has 0 radical (unpaired) electrons. The third kappa shape index (κ3) is 7.69. The van der Waals surface area contributed by atoms with E-state index in [1.165, 1.54) is 0 Å². The summed E-state index contributed by atoms with van der Waals surface area (Å²) in [6.45, 7) is 12.2. The monoisotopic (exact) mass is 230 g/mol. The van der Waals surface area contributed by atoms with Crippen LogP contribution in [0.1, 0.15) is 54.4 Å². The van der Waals surface area contributed by atoms with E-state index in [4.69, 9.17) is 9.47 Å². The van der Waals surface area contributed by atoms with Crippen molar-refractivity contribution in [1.82, 2.24) is 0 Å². The lowest BCUT2D eigenvalue weighted by Gasteiger charge is -2.23. The predicted octanol–water partition coefficient (Wildman–Crippen LogP) is 3.17. The van der Waals surface area contributed by atoms with Gasteiger partial charge in [0, 0.05) is 0 Å². The maximum Gasteiger partial charge on any atom is 0.335 e. The largest absolute Gasteiger partial charge is 0.458 e. The van der Waals surface area contributed by atoms with Crippen LogP contribution in [0.2, 0.25) is 0 Å². The number of hydrogen-bond acceptors (Lipinski definition) is 3. The molecule has 0 saturated heterocycles. The smallest absolute Gasteiger partial charge is 0.335 e. The standard InChI is InChI=1S/C13H26O3/c1-7-8-10(2)9-15-11(3)12(14)16-13(4,5)6/h10-11H,7-9H2,1-6H3. The topological polar surface area (TPSA) is 35.5 Å². The van der Waals surface area contributed by atoms with Gasteiger partial charge in [-0.2, -0.15) is 0 Å². The Hall–Kier alpha value is -0.570. The average molecular weight is 230 g/mol. The Morgan fingerprint density at radius 3 is 2.25 bits per heavy atom. The van der Waals surface area contributed by atoms with Crippen molar-refractivity contribution in [1.29, 1.82) is 0 Å². The van der Waals surface area contributed by atoms with Crippen LogP contribution in [-0.2, 0) is 14.3 Å². The molecule has 0 aromatic heterocycles. The summed E-state index contributed by atoms with van der Waals surface area (Å²) in [5.41, 5.74) is -0.441. The molecule has 0 rings (SSSR count). The van der Waals surface area contributed by atoms with E-state index < -0.39 is 11.7 Å². The summed E-state index contributed by atoms with van der Waals surface area (Å²) < 4.78 is 10.7. The number of carbonyl (C=O) groups is 1. The van der Waals surface area contributed by atoms with Gasteiger partial charge < -0.3 is 9.47 Å². The molecule has 0 aromatic carbocycles. The van der Waals surface area contributed by atoms with E-state index in [1.54, 1.807) is 6.92 Å². The molecule has 0 aliphatic carbocycles. The van der Waals surface area contributed by atoms with Crippen molar-refractivity contribution in [2.45, 2.75) is 66.1 Å². The summed E-state index contributed by atoms with van der Waals surface area (Å²) in [5.74, 6) is 0.214. The first-order chi connectivity index (χ1) is 7.26. The van der Waals surface area contributed by atoms with Gasteiger partial charge in [0.15, 0.2) is 6.10 Å². The molecule has 2 unspecified atom stereocenters. The van der Waals surface area contributed by atoms with Gasteiger partial charge >= 0.3 is 5.97 Å². The van der Waals surface area contributed by atoms with Gasteiger partial charge in [-0.3, -0.25) is 0 Å². The van der Waals surface area contributed by atoms with Crippen LogP contribution in [-0.4, -0.2) is 24.3 Å². The molecule has 0 aliphatic heterocycles. The average Bonchev–Trinajstić information content (AvgIpc) is 2.11. The van der Waals surface area contributed by atoms with Gasteiger partial charge in [-0.1, -0.05) is 20.3 Å². The van der Waals surface area contributed by atoms with E-state index in [-0.39, 0.29) is 5.97 Å². The zero-order chi connectivity index (χ0) is 12.8. The number of esters is 1. The highest BCUT2D eigenvalue weighted by Gasteiger charge is 2.22. The number of ether oxygens (including phenoxy) is 2. The lowest BCUT2D eigenvalue weighted by Crippen LogP contribution is -2.32. The van der Waals surface area contributed by atoms with Crippen molar-refractivity contribution in [2.24, 2.45) is 5.92 Å². The highest BCUT2D eigenvalue weighted by molar-refractivity contribution is 5.74. The third-order valence-corrected chi connectivity index (χ3v) is 2.15. The number of hydrogen-bond donors (Lipinski definition) is 0. The van der Waals surface area contributed by atoms with Crippen molar-refractivity contribution >= 4 is 5.97 Å². The van der Waals surface area contributed by atoms with Gasteiger partial charge in [0.1, 0.15) is 5.60 Å². The van der Waals surface area contributed by atoms with E-state index in [0.717, 1.165) is 12.8 Å². The first-order valence-corrected chi connectivity index (χ1v) is 6.10. The van der Waals surface area contributed by atoms with E-state index in [1.807, 2.05) is 20.8 Å². The Labute approximate surface area is 99.5 Å². The summed E-state index contributed by atoms with van der Waals surface area (Å²) in [5, 5.41) is 0. The Bertz CT molecular complexity index is 206. The van der Waals surface area contributed by atoms with Gasteiger partial charge in [-0.05, 0) is 40.0 Å². The molecule has 0 heterocycles. The fourth-order valence-electron chi connectivity index (χ4n) is 1.34. The van der Waals surface area contributed by atoms with Crippen LogP contribution in [0.25, 0.3) is 0 Å². The van der Waals surface area contributed by atoms with Gasteiger partial charge in [0.2, 0.25) is 0 Å². The van der Waals surface area contributed by atoms with Crippen LogP contribution in [0.3, 0.4) is 0 Å². The SMILES string of the molecule is CCCC(C)COC(C)C(=O)OC(C)(C)C. The van der Waals surface area contributed by atoms with Gasteiger partial charge in [0.25, 0.3) is 0 Å². The van der Waals surface area contributed by atoms with Crippen molar-refractivity contribution in [3.05, 3.63) is 0 Å². The highest BCUT2D eigenvalue weighted by Crippen LogP contribution is 2.11. The molecule has 0 aromatic rings. The summed E-state index contributed by atoms with van der Waals surface area (Å²) in [6.07, 6.45) is 1.80. The zero-order valence-electron chi connectivity index (χ0n) is 11.5. The quantitative estimate of drug-likeness (QED) is 0.657. The lowest BCUT2D eigenvalue weighted by molar-refractivity contribution is -0.168. The van der Waals surface area contributed by atoms with Crippen molar-refractivity contribution in [3.63, 3.8) is 0 Å². The van der Waals surface area contributed by atoms with Crippen molar-refractivity contribution in [3.8, 4) is 0 Å². The maximum atomic E-state index is 11.6. The first kappa shape index (κ1) is 15.4. The fraction of sp³-hybridized carbons (Fsp3) is 0.923. The van der Waals surface area contributed by atoms with E-state index >= 15 is 0 Å². The number of carbonyl (C=O) groups excluding carboxylic acids is 1. The minimum atomic E-state index is -0.474. The van der Waals surface area contributed by atoms with Crippen LogP contribution >= 0.6 is 0 Å². The Balaban J connectivity index is 3.88. The molecule has 0 saturated carbocycles. The van der Waals surface area contributed by atoms with Crippen LogP contribution in [0, 0.1) is 5.92 Å². The fourth-order valence-corrected chi connectivity index (χ4v) is 1.34. The molecule has 3 nitrogen and oxygen atoms in total. The summed E-state index contributed by atoms with van der Waals surface area (Å²) in [6, 6.07) is 0. The van der Waals surface area contributed by atoms with Gasteiger partial charge in [-0.25, -0.2) is 4.79 Å². The first-order valence-electron chi connectivity index (χ1n) is 6.10. The van der Waals surface area contributed by atoms with Gasteiger partial charge in [0.05, 0.1) is 6.61 Å². The molecule has 0 N–H and O–H groups in total. The molecule has 96 valence electrons. The minimum Gasteiger partial charge on any atom is -0.458 e. The maximum absolute atomic E-state index is 11.6. The van der Waals surface area contributed by atoms with E-state index in [9.17, 15) is 4.79 Å². The Morgan fingerprint density at radius 1 is 1.25 bits per heavy atom. The van der Waals surface area contributed by atoms with E-state index in [2.05, 4.69) is 13.8 Å². The molecule has 0 spiro atoms. The number of rotatable bonds is 6. The van der Waals surface area contributed by atoms with E-state index in [0.29, 0.717) is 12.5 Å². The molecule has 3 heteroatoms. The molecule has 2 atom stereocenters. The highest BCUT2D eigenvalue weighted by atomic mass is 16.6. The second-order valence-electron chi connectivity index (χ2n) is 5.40. The summed E-state index contributed by atoms with van der Waals surface area (Å²) >= 11 is 0. The molecule has 0 fully saturated rings. The normalized spacial score (nSPS) is 15.6. The summed E-state index contributed by atoms with van der Waals surface area (Å²) in [4.78, 5) is 11.6. The minimum absolute atomic E-state index is 0.281. The molecule has 16 heavy (non-hydrogen) atoms. The Morgan fingerprint density at radius 2 is 1.81 bits per heavy atom. The van der Waals surface area contributed by atoms with Crippen LogP contribution in [0.4, 0.5) is 0 Å². The third-order valence-electron chi connectivity index (χ3n) is 2.15. The second-order valence-corrected chi connectivity index (χ2v) is 5.40. The van der Waals surface area contributed by atoms with Crippen LogP contribution < -0.4 is 0 Å². The molecule has 0 amide bonds. The summed E-state index contributed by atoms with van der Waals surface area (Å²) in [7, 11) is 0. The molecular weight excluding hydrogens is 204 g/mol. The van der Waals surface area contributed by atoms with Crippen molar-refractivity contribution in [2.75, 3.05) is 6.61 Å². The van der Waals surface area contributed by atoms with Gasteiger partial charge in [-0.15, -0.1) is 0 Å². The lowest BCUT2D eigenvalue weighted by atomic mass is 10.1. The second kappa shape index (κ2) is 6.89. The predicted molar refractivity (Wildman–Crippen MR) is 65.3 cm³/mol. The molecule has 0 bridgehead atoms. The van der Waals surface area contributed by atoms with Crippen LogP contribution in [0.15, 0.2) is 0 Å². The Kier molecular flexibility index (Phi) is 6.65. The molecular formula is C13H26O3. The molecule has 0 aliphatic rings. The zero-order valence-corrected chi connectivity index (χ0v) is 11.5. The van der Waals surface area contributed by atoms with Crippen molar-refractivity contribution < 1.29 is 14.3 Å².